The molecule has 7 nitrogen and oxygen atoms in total. The lowest BCUT2D eigenvalue weighted by molar-refractivity contribution is -0.130. The molecule has 162 valence electrons. The first-order valence-electron chi connectivity index (χ1n) is 9.42. The molecular weight excluding hydrogens is 398 g/mol. The van der Waals surface area contributed by atoms with Crippen molar-refractivity contribution in [3.05, 3.63) is 53.4 Å². The number of benzene rings is 1. The second kappa shape index (κ2) is 8.63. The lowest BCUT2D eigenvalue weighted by Crippen LogP contribution is -2.33. The highest BCUT2D eigenvalue weighted by molar-refractivity contribution is 5.95. The fourth-order valence-electron chi connectivity index (χ4n) is 3.65. The Morgan fingerprint density at radius 2 is 2.10 bits per heavy atom. The van der Waals surface area contributed by atoms with Gasteiger partial charge < -0.3 is 25.0 Å². The van der Waals surface area contributed by atoms with Crippen LogP contribution in [0.5, 0.6) is 5.75 Å². The highest BCUT2D eigenvalue weighted by atomic mass is 19.2. The van der Waals surface area contributed by atoms with Crippen molar-refractivity contribution in [1.29, 1.82) is 0 Å². The average molecular weight is 422 g/mol. The second-order valence-electron chi connectivity index (χ2n) is 7.75. The number of aliphatic hydroxyl groups excluding tert-OH is 2. The molecule has 1 aromatic heterocycles. The molecule has 9 heteroatoms. The van der Waals surface area contributed by atoms with Gasteiger partial charge in [-0.1, -0.05) is 6.07 Å². The lowest BCUT2D eigenvalue weighted by atomic mass is 9.86. The van der Waals surface area contributed by atoms with Crippen LogP contribution >= 0.6 is 0 Å². The molecule has 3 atom stereocenters. The smallest absolute Gasteiger partial charge is 0.254 e. The summed E-state index contributed by atoms with van der Waals surface area (Å²) in [5.41, 5.74) is 0.300. The summed E-state index contributed by atoms with van der Waals surface area (Å²) in [6.45, 7) is 3.15. The van der Waals surface area contributed by atoms with Crippen molar-refractivity contribution in [2.24, 2.45) is 0 Å². The summed E-state index contributed by atoms with van der Waals surface area (Å²) in [5, 5.41) is 21.3. The number of aliphatic hydroxyl groups is 2. The average Bonchev–Trinajstić information content (AvgIpc) is 3.05. The van der Waals surface area contributed by atoms with Gasteiger partial charge in [-0.25, -0.2) is 4.39 Å². The summed E-state index contributed by atoms with van der Waals surface area (Å²) >= 11 is 0. The molecule has 0 radical (unpaired) electrons. The number of ether oxygens (including phenoxy) is 2. The number of aromatic nitrogens is 1. The number of nitrogens with one attached hydrogen (secondary N) is 1. The first kappa shape index (κ1) is 22.1. The molecule has 1 fully saturated rings. The number of rotatable bonds is 6. The van der Waals surface area contributed by atoms with E-state index in [-0.39, 0.29) is 11.4 Å². The third kappa shape index (κ3) is 4.43. The van der Waals surface area contributed by atoms with Gasteiger partial charge in [-0.3, -0.25) is 9.78 Å². The topological polar surface area (TPSA) is 101 Å². The van der Waals surface area contributed by atoms with Crippen LogP contribution in [-0.4, -0.2) is 46.5 Å². The number of hydrogen-bond donors (Lipinski definition) is 3. The van der Waals surface area contributed by atoms with E-state index < -0.39 is 47.9 Å². The second-order valence-corrected chi connectivity index (χ2v) is 7.75. The zero-order valence-electron chi connectivity index (χ0n) is 16.9. The number of nitrogens with zero attached hydrogens (tertiary/aromatic N) is 1. The van der Waals surface area contributed by atoms with E-state index in [1.165, 1.54) is 31.5 Å². The van der Waals surface area contributed by atoms with Gasteiger partial charge in [0.05, 0.1) is 36.9 Å². The Labute approximate surface area is 172 Å². The van der Waals surface area contributed by atoms with Gasteiger partial charge in [0.25, 0.3) is 5.91 Å². The number of carbonyl (C=O) groups is 1. The number of anilines is 1. The summed E-state index contributed by atoms with van der Waals surface area (Å²) in [5.74, 6) is -3.43. The summed E-state index contributed by atoms with van der Waals surface area (Å²) in [6, 6.07) is 5.42. The monoisotopic (exact) mass is 422 g/mol. The third-order valence-electron chi connectivity index (χ3n) is 5.03. The standard InChI is InChI=1S/C21H24F2N2O5/c1-21(2)8-13(12-5-6-14(22)17(23)18(12)29-3)19(30-21)20(28)25-11-4-7-15(24-9-11)16(27)10-26/h4-7,9,13,16,19,26-27H,8,10H2,1-3H3,(H,25,28)/t13-,16+,19+/m1/s1. The van der Waals surface area contributed by atoms with Crippen LogP contribution in [0.1, 0.15) is 43.5 Å². The predicted molar refractivity (Wildman–Crippen MR) is 104 cm³/mol. The van der Waals surface area contributed by atoms with E-state index >= 15 is 0 Å². The first-order chi connectivity index (χ1) is 14.2. The minimum absolute atomic E-state index is 0.247. The Morgan fingerprint density at radius 1 is 1.37 bits per heavy atom. The summed E-state index contributed by atoms with van der Waals surface area (Å²) in [4.78, 5) is 17.0. The van der Waals surface area contributed by atoms with Crippen LogP contribution in [0.2, 0.25) is 0 Å². The first-order valence-corrected chi connectivity index (χ1v) is 9.42. The van der Waals surface area contributed by atoms with E-state index in [4.69, 9.17) is 14.6 Å². The van der Waals surface area contributed by atoms with E-state index in [9.17, 15) is 18.7 Å². The van der Waals surface area contributed by atoms with Crippen LogP contribution in [0, 0.1) is 11.6 Å². The number of methoxy groups -OCH3 is 1. The van der Waals surface area contributed by atoms with Crippen molar-refractivity contribution >= 4 is 11.6 Å². The maximum Gasteiger partial charge on any atom is 0.254 e. The Morgan fingerprint density at radius 3 is 2.70 bits per heavy atom. The van der Waals surface area contributed by atoms with Crippen LogP contribution < -0.4 is 10.1 Å². The van der Waals surface area contributed by atoms with E-state index in [2.05, 4.69) is 10.3 Å². The van der Waals surface area contributed by atoms with Crippen molar-refractivity contribution in [2.45, 2.75) is 44.0 Å². The maximum absolute atomic E-state index is 14.2. The van der Waals surface area contributed by atoms with E-state index in [0.717, 1.165) is 6.07 Å². The summed E-state index contributed by atoms with van der Waals surface area (Å²) < 4.78 is 38.9. The molecular formula is C21H24F2N2O5. The lowest BCUT2D eigenvalue weighted by Gasteiger charge is -2.21. The van der Waals surface area contributed by atoms with Crippen LogP contribution in [0.3, 0.4) is 0 Å². The van der Waals surface area contributed by atoms with Crippen molar-refractivity contribution < 1.29 is 33.3 Å². The van der Waals surface area contributed by atoms with E-state index in [1.54, 1.807) is 0 Å². The van der Waals surface area contributed by atoms with Gasteiger partial charge in [-0.2, -0.15) is 4.39 Å². The van der Waals surface area contributed by atoms with Gasteiger partial charge >= 0.3 is 0 Å². The molecule has 1 saturated heterocycles. The molecule has 30 heavy (non-hydrogen) atoms. The number of hydrogen-bond acceptors (Lipinski definition) is 6. The minimum Gasteiger partial charge on any atom is -0.493 e. The zero-order chi connectivity index (χ0) is 22.1. The number of pyridine rings is 1. The van der Waals surface area contributed by atoms with Gasteiger partial charge in [0.1, 0.15) is 12.2 Å². The molecule has 2 heterocycles. The maximum atomic E-state index is 14.2. The molecule has 1 aliphatic rings. The summed E-state index contributed by atoms with van der Waals surface area (Å²) in [6.07, 6.45) is -0.341. The molecule has 0 aliphatic carbocycles. The van der Waals surface area contributed by atoms with Crippen LogP contribution in [-0.2, 0) is 9.53 Å². The normalized spacial score (nSPS) is 21.3. The largest absolute Gasteiger partial charge is 0.493 e. The molecule has 0 unspecified atom stereocenters. The zero-order valence-corrected chi connectivity index (χ0v) is 16.9. The quantitative estimate of drug-likeness (QED) is 0.662. The Bertz CT molecular complexity index is 920. The van der Waals surface area contributed by atoms with Crippen molar-refractivity contribution in [3.8, 4) is 5.75 Å². The molecule has 0 spiro atoms. The van der Waals surface area contributed by atoms with Crippen LogP contribution in [0.15, 0.2) is 30.5 Å². The van der Waals surface area contributed by atoms with E-state index in [0.29, 0.717) is 17.7 Å². The number of amides is 1. The predicted octanol–water partition coefficient (Wildman–Crippen LogP) is 2.68. The molecule has 3 N–H and O–H groups in total. The molecule has 3 rings (SSSR count). The van der Waals surface area contributed by atoms with Crippen molar-refractivity contribution in [3.63, 3.8) is 0 Å². The molecule has 0 saturated carbocycles. The fraction of sp³-hybridized carbons (Fsp3) is 0.429. The molecule has 1 amide bonds. The highest BCUT2D eigenvalue weighted by Gasteiger charge is 2.46. The fourth-order valence-corrected chi connectivity index (χ4v) is 3.65. The Kier molecular flexibility index (Phi) is 6.35. The SMILES string of the molecule is COc1c([C@H]2CC(C)(C)O[C@@H]2C(=O)Nc2ccc([C@@H](O)CO)nc2)ccc(F)c1F. The molecule has 0 bridgehead atoms. The van der Waals surface area contributed by atoms with E-state index in [1.807, 2.05) is 13.8 Å². The molecule has 2 aromatic rings. The molecule has 1 aromatic carbocycles. The Balaban J connectivity index is 1.86. The van der Waals surface area contributed by atoms with Gasteiger partial charge in [-0.05, 0) is 38.5 Å². The van der Waals surface area contributed by atoms with Gasteiger partial charge in [0, 0.05) is 11.5 Å². The van der Waals surface area contributed by atoms with Gasteiger partial charge in [-0.15, -0.1) is 0 Å². The Hall–Kier alpha value is -2.62. The van der Waals surface area contributed by atoms with Crippen LogP contribution in [0.25, 0.3) is 0 Å². The summed E-state index contributed by atoms with van der Waals surface area (Å²) in [7, 11) is 1.24. The number of halogens is 2. The van der Waals surface area contributed by atoms with Gasteiger partial charge in [0.15, 0.2) is 11.6 Å². The minimum atomic E-state index is -1.11. The molecule has 1 aliphatic heterocycles. The number of carbonyl (C=O) groups excluding carboxylic acids is 1. The van der Waals surface area contributed by atoms with Crippen molar-refractivity contribution in [1.82, 2.24) is 4.98 Å². The highest BCUT2D eigenvalue weighted by Crippen LogP contribution is 2.45. The van der Waals surface area contributed by atoms with Crippen LogP contribution in [0.4, 0.5) is 14.5 Å². The van der Waals surface area contributed by atoms with Crippen molar-refractivity contribution in [2.75, 3.05) is 19.0 Å². The van der Waals surface area contributed by atoms with Gasteiger partial charge in [0.2, 0.25) is 5.82 Å². The third-order valence-corrected chi connectivity index (χ3v) is 5.03.